The van der Waals surface area contributed by atoms with Gasteiger partial charge in [0, 0.05) is 25.1 Å². The third-order valence-corrected chi connectivity index (χ3v) is 4.36. The van der Waals surface area contributed by atoms with Crippen LogP contribution in [0.2, 0.25) is 0 Å². The van der Waals surface area contributed by atoms with Crippen molar-refractivity contribution in [2.45, 2.75) is 39.3 Å². The summed E-state index contributed by atoms with van der Waals surface area (Å²) in [5.74, 6) is 0.0862. The van der Waals surface area contributed by atoms with Gasteiger partial charge in [-0.05, 0) is 31.5 Å². The van der Waals surface area contributed by atoms with Crippen LogP contribution < -0.4 is 5.32 Å². The molecule has 1 aromatic carbocycles. The number of carbonyl (C=O) groups excluding carboxylic acids is 2. The predicted octanol–water partition coefficient (Wildman–Crippen LogP) is 1.89. The second-order valence-electron chi connectivity index (χ2n) is 6.35. The van der Waals surface area contributed by atoms with E-state index < -0.39 is 0 Å². The normalized spacial score (nSPS) is 17.2. The van der Waals surface area contributed by atoms with Crippen molar-refractivity contribution in [3.8, 4) is 0 Å². The molecular weight excluding hydrogens is 325 g/mol. The predicted molar refractivity (Wildman–Crippen MR) is 88.0 cm³/mol. The summed E-state index contributed by atoms with van der Waals surface area (Å²) >= 11 is 0. The van der Waals surface area contributed by atoms with Gasteiger partial charge in [0.25, 0.3) is 0 Å². The van der Waals surface area contributed by atoms with Gasteiger partial charge in [0.2, 0.25) is 11.8 Å². The number of aryl methyl sites for hydroxylation is 2. The molecule has 1 aliphatic rings. The number of rotatable bonds is 5. The molecule has 0 saturated carbocycles. The van der Waals surface area contributed by atoms with E-state index in [1.165, 1.54) is 12.1 Å². The number of nitrogens with zero attached hydrogens (tertiary/aromatic N) is 2. The molecule has 2 aromatic rings. The van der Waals surface area contributed by atoms with E-state index in [-0.39, 0.29) is 36.5 Å². The van der Waals surface area contributed by atoms with E-state index in [9.17, 15) is 14.0 Å². The second-order valence-corrected chi connectivity index (χ2v) is 6.35. The first-order valence-corrected chi connectivity index (χ1v) is 8.15. The first-order valence-electron chi connectivity index (χ1n) is 8.15. The van der Waals surface area contributed by atoms with E-state index in [2.05, 4.69) is 10.5 Å². The van der Waals surface area contributed by atoms with Gasteiger partial charge in [-0.15, -0.1) is 0 Å². The van der Waals surface area contributed by atoms with Crippen molar-refractivity contribution < 1.29 is 18.5 Å². The minimum atomic E-state index is -0.326. The van der Waals surface area contributed by atoms with E-state index in [0.29, 0.717) is 24.5 Å². The molecule has 2 amide bonds. The molecule has 25 heavy (non-hydrogen) atoms. The van der Waals surface area contributed by atoms with Crippen LogP contribution in [0.15, 0.2) is 28.8 Å². The quantitative estimate of drug-likeness (QED) is 0.898. The van der Waals surface area contributed by atoms with Crippen molar-refractivity contribution >= 4 is 11.8 Å². The lowest BCUT2D eigenvalue weighted by atomic mass is 10.1. The summed E-state index contributed by atoms with van der Waals surface area (Å²) in [7, 11) is 0. The smallest absolute Gasteiger partial charge is 0.225 e. The van der Waals surface area contributed by atoms with Gasteiger partial charge >= 0.3 is 0 Å². The molecule has 1 N–H and O–H groups in total. The van der Waals surface area contributed by atoms with Gasteiger partial charge in [-0.25, -0.2) is 4.39 Å². The Balaban J connectivity index is 1.56. The van der Waals surface area contributed by atoms with Gasteiger partial charge in [0.15, 0.2) is 0 Å². The summed E-state index contributed by atoms with van der Waals surface area (Å²) in [6.07, 6.45) is 0.429. The average molecular weight is 345 g/mol. The Labute approximate surface area is 145 Å². The molecule has 0 radical (unpaired) electrons. The molecule has 0 bridgehead atoms. The summed E-state index contributed by atoms with van der Waals surface area (Å²) in [6.45, 7) is 4.32. The highest BCUT2D eigenvalue weighted by Gasteiger charge is 2.30. The van der Waals surface area contributed by atoms with Crippen LogP contribution in [0.3, 0.4) is 0 Å². The average Bonchev–Trinajstić information content (AvgIpc) is 3.04. The largest absolute Gasteiger partial charge is 0.361 e. The molecule has 3 rings (SSSR count). The zero-order chi connectivity index (χ0) is 18.0. The van der Waals surface area contributed by atoms with Gasteiger partial charge in [-0.3, -0.25) is 9.59 Å². The molecule has 1 aliphatic heterocycles. The van der Waals surface area contributed by atoms with Crippen LogP contribution in [0.4, 0.5) is 4.39 Å². The third-order valence-electron chi connectivity index (χ3n) is 4.36. The van der Waals surface area contributed by atoms with Crippen LogP contribution in [-0.2, 0) is 22.6 Å². The maximum Gasteiger partial charge on any atom is 0.225 e. The molecule has 0 aliphatic carbocycles. The SMILES string of the molecule is Cc1noc(C)c1CC(=O)NC1CC(=O)N(Cc2cccc(F)c2)C1. The van der Waals surface area contributed by atoms with Gasteiger partial charge in [-0.1, -0.05) is 17.3 Å². The second kappa shape index (κ2) is 7.04. The van der Waals surface area contributed by atoms with Gasteiger partial charge in [0.1, 0.15) is 11.6 Å². The number of amides is 2. The van der Waals surface area contributed by atoms with Gasteiger partial charge in [-0.2, -0.15) is 0 Å². The Morgan fingerprint density at radius 3 is 2.92 bits per heavy atom. The lowest BCUT2D eigenvalue weighted by Gasteiger charge is -2.17. The summed E-state index contributed by atoms with van der Waals surface area (Å²) in [4.78, 5) is 26.0. The maximum atomic E-state index is 13.3. The molecule has 1 unspecified atom stereocenters. The zero-order valence-electron chi connectivity index (χ0n) is 14.2. The van der Waals surface area contributed by atoms with E-state index in [0.717, 1.165) is 11.1 Å². The van der Waals surface area contributed by atoms with Crippen molar-refractivity contribution in [3.05, 3.63) is 52.7 Å². The van der Waals surface area contributed by atoms with Crippen LogP contribution in [0.1, 0.15) is 29.0 Å². The number of aromatic nitrogens is 1. The molecule has 1 aromatic heterocycles. The van der Waals surface area contributed by atoms with Crippen LogP contribution in [0, 0.1) is 19.7 Å². The van der Waals surface area contributed by atoms with Crippen molar-refractivity contribution in [1.82, 2.24) is 15.4 Å². The first-order chi connectivity index (χ1) is 11.9. The van der Waals surface area contributed by atoms with E-state index in [1.54, 1.807) is 30.9 Å². The molecule has 0 spiro atoms. The van der Waals surface area contributed by atoms with Crippen LogP contribution >= 0.6 is 0 Å². The zero-order valence-corrected chi connectivity index (χ0v) is 14.2. The fourth-order valence-corrected chi connectivity index (χ4v) is 3.07. The number of benzene rings is 1. The highest BCUT2D eigenvalue weighted by molar-refractivity contribution is 5.83. The number of nitrogens with one attached hydrogen (secondary N) is 1. The van der Waals surface area contributed by atoms with Crippen molar-refractivity contribution in [2.24, 2.45) is 0 Å². The number of likely N-dealkylation sites (tertiary alicyclic amines) is 1. The summed E-state index contributed by atoms with van der Waals surface area (Å²) in [6, 6.07) is 5.94. The number of hydrogen-bond acceptors (Lipinski definition) is 4. The Kier molecular flexibility index (Phi) is 4.83. The highest BCUT2D eigenvalue weighted by atomic mass is 19.1. The maximum absolute atomic E-state index is 13.3. The third kappa shape index (κ3) is 4.04. The summed E-state index contributed by atoms with van der Waals surface area (Å²) in [5, 5.41) is 6.72. The molecule has 1 atom stereocenters. The molecule has 6 nitrogen and oxygen atoms in total. The van der Waals surface area contributed by atoms with Crippen LogP contribution in [-0.4, -0.2) is 34.5 Å². The number of carbonyl (C=O) groups is 2. The van der Waals surface area contributed by atoms with E-state index in [1.807, 2.05) is 0 Å². The van der Waals surface area contributed by atoms with Gasteiger partial charge in [0.05, 0.1) is 18.2 Å². The fourth-order valence-electron chi connectivity index (χ4n) is 3.07. The molecule has 1 fully saturated rings. The van der Waals surface area contributed by atoms with Crippen molar-refractivity contribution in [3.63, 3.8) is 0 Å². The molecule has 7 heteroatoms. The Morgan fingerprint density at radius 2 is 2.24 bits per heavy atom. The topological polar surface area (TPSA) is 75.4 Å². The fraction of sp³-hybridized carbons (Fsp3) is 0.389. The van der Waals surface area contributed by atoms with Crippen molar-refractivity contribution in [2.75, 3.05) is 6.54 Å². The summed E-state index contributed by atoms with van der Waals surface area (Å²) < 4.78 is 18.3. The standard InChI is InChI=1S/C18H20FN3O3/c1-11-16(12(2)25-21-11)8-17(23)20-15-7-18(24)22(10-15)9-13-4-3-5-14(19)6-13/h3-6,15H,7-10H2,1-2H3,(H,20,23). The minimum absolute atomic E-state index is 0.0492. The lowest BCUT2D eigenvalue weighted by molar-refractivity contribution is -0.128. The molecule has 2 heterocycles. The monoisotopic (exact) mass is 345 g/mol. The first kappa shape index (κ1) is 17.1. The Bertz CT molecular complexity index is 783. The van der Waals surface area contributed by atoms with Gasteiger partial charge < -0.3 is 14.7 Å². The minimum Gasteiger partial charge on any atom is -0.361 e. The van der Waals surface area contributed by atoms with Crippen LogP contribution in [0.25, 0.3) is 0 Å². The Morgan fingerprint density at radius 1 is 1.44 bits per heavy atom. The van der Waals surface area contributed by atoms with Crippen LogP contribution in [0.5, 0.6) is 0 Å². The molecule has 1 saturated heterocycles. The highest BCUT2D eigenvalue weighted by Crippen LogP contribution is 2.17. The molecular formula is C18H20FN3O3. The van der Waals surface area contributed by atoms with Crippen molar-refractivity contribution in [1.29, 1.82) is 0 Å². The van der Waals surface area contributed by atoms with E-state index >= 15 is 0 Å². The van der Waals surface area contributed by atoms with E-state index in [4.69, 9.17) is 4.52 Å². The Hall–Kier alpha value is -2.70. The number of hydrogen-bond donors (Lipinski definition) is 1. The number of halogens is 1. The molecule has 132 valence electrons. The summed E-state index contributed by atoms with van der Waals surface area (Å²) in [5.41, 5.74) is 2.21. The lowest BCUT2D eigenvalue weighted by Crippen LogP contribution is -2.38.